The van der Waals surface area contributed by atoms with Crippen LogP contribution in [0.15, 0.2) is 49.1 Å². The van der Waals surface area contributed by atoms with Crippen LogP contribution in [0.3, 0.4) is 0 Å². The molecule has 7 heteroatoms. The Labute approximate surface area is 150 Å². The molecule has 1 saturated carbocycles. The summed E-state index contributed by atoms with van der Waals surface area (Å²) < 4.78 is 1.87. The lowest BCUT2D eigenvalue weighted by molar-refractivity contribution is 0.325. The van der Waals surface area contributed by atoms with Gasteiger partial charge >= 0.3 is 0 Å². The van der Waals surface area contributed by atoms with E-state index < -0.39 is 0 Å². The van der Waals surface area contributed by atoms with Crippen LogP contribution in [0.1, 0.15) is 12.8 Å². The molecule has 4 aromatic rings. The van der Waals surface area contributed by atoms with Gasteiger partial charge in [-0.25, -0.2) is 9.50 Å². The number of nitrogens with one attached hydrogen (secondary N) is 2. The summed E-state index contributed by atoms with van der Waals surface area (Å²) in [6, 6.07) is 9.21. The fourth-order valence-corrected chi connectivity index (χ4v) is 3.50. The molecule has 3 aromatic heterocycles. The van der Waals surface area contributed by atoms with Crippen LogP contribution < -0.4 is 10.6 Å². The molecule has 26 heavy (non-hydrogen) atoms. The molecule has 7 nitrogen and oxygen atoms in total. The Balaban J connectivity index is 1.45. The van der Waals surface area contributed by atoms with Gasteiger partial charge in [0.15, 0.2) is 0 Å². The van der Waals surface area contributed by atoms with E-state index >= 15 is 0 Å². The van der Waals surface area contributed by atoms with Gasteiger partial charge < -0.3 is 10.6 Å². The summed E-state index contributed by atoms with van der Waals surface area (Å²) in [4.78, 5) is 13.2. The first kappa shape index (κ1) is 15.2. The second kappa shape index (κ2) is 6.03. The normalized spacial score (nSPS) is 19.6. The molecule has 3 heterocycles. The van der Waals surface area contributed by atoms with Crippen LogP contribution in [0.2, 0.25) is 0 Å². The molecule has 0 radical (unpaired) electrons. The highest BCUT2D eigenvalue weighted by Gasteiger charge is 2.28. The van der Waals surface area contributed by atoms with Crippen molar-refractivity contribution < 1.29 is 0 Å². The standard InChI is InChI=1S/C19H19N7/c1-20-13-9-14(10-13)24-19-23-11-18-15(4-7-26(18)25-19)12-2-3-16-17(8-12)22-6-5-21-16/h2-8,11,13-14,20H,9-10H2,1H3,(H,24,25)/t13-,14-. The largest absolute Gasteiger partial charge is 0.350 e. The van der Waals surface area contributed by atoms with E-state index in [2.05, 4.69) is 48.9 Å². The minimum Gasteiger partial charge on any atom is -0.350 e. The number of benzene rings is 1. The minimum absolute atomic E-state index is 0.444. The monoisotopic (exact) mass is 345 g/mol. The second-order valence-corrected chi connectivity index (χ2v) is 6.70. The van der Waals surface area contributed by atoms with Crippen LogP contribution in [-0.4, -0.2) is 43.7 Å². The van der Waals surface area contributed by atoms with E-state index in [0.717, 1.165) is 40.5 Å². The van der Waals surface area contributed by atoms with Crippen molar-refractivity contribution in [3.63, 3.8) is 0 Å². The van der Waals surface area contributed by atoms with E-state index in [1.54, 1.807) is 12.4 Å². The molecule has 0 amide bonds. The second-order valence-electron chi connectivity index (χ2n) is 6.70. The summed E-state index contributed by atoms with van der Waals surface area (Å²) in [5, 5.41) is 11.3. The summed E-state index contributed by atoms with van der Waals surface area (Å²) in [6.45, 7) is 0. The molecule has 0 unspecified atom stereocenters. The Kier molecular flexibility index (Phi) is 3.53. The van der Waals surface area contributed by atoms with Gasteiger partial charge in [-0.05, 0) is 43.7 Å². The van der Waals surface area contributed by atoms with Crippen molar-refractivity contribution in [3.05, 3.63) is 49.1 Å². The molecule has 1 aliphatic carbocycles. The Morgan fingerprint density at radius 1 is 1.00 bits per heavy atom. The Hall–Kier alpha value is -3.06. The quantitative estimate of drug-likeness (QED) is 0.592. The molecule has 0 atom stereocenters. The Morgan fingerprint density at radius 3 is 2.69 bits per heavy atom. The van der Waals surface area contributed by atoms with E-state index in [0.29, 0.717) is 18.0 Å². The van der Waals surface area contributed by atoms with Crippen LogP contribution >= 0.6 is 0 Å². The van der Waals surface area contributed by atoms with Crippen molar-refractivity contribution >= 4 is 22.5 Å². The van der Waals surface area contributed by atoms with Crippen molar-refractivity contribution in [1.82, 2.24) is 29.9 Å². The number of fused-ring (bicyclic) bond motifs is 2. The van der Waals surface area contributed by atoms with Crippen LogP contribution in [0, 0.1) is 0 Å². The molecule has 130 valence electrons. The smallest absolute Gasteiger partial charge is 0.241 e. The van der Waals surface area contributed by atoms with Crippen LogP contribution in [0.5, 0.6) is 0 Å². The average Bonchev–Trinajstić information content (AvgIpc) is 3.07. The van der Waals surface area contributed by atoms with Crippen LogP contribution in [0.4, 0.5) is 5.95 Å². The molecule has 5 rings (SSSR count). The van der Waals surface area contributed by atoms with Gasteiger partial charge in [-0.3, -0.25) is 9.97 Å². The van der Waals surface area contributed by atoms with Gasteiger partial charge in [0.1, 0.15) is 0 Å². The highest BCUT2D eigenvalue weighted by Crippen LogP contribution is 2.28. The van der Waals surface area contributed by atoms with E-state index in [-0.39, 0.29) is 0 Å². The lowest BCUT2D eigenvalue weighted by Gasteiger charge is -2.35. The lowest BCUT2D eigenvalue weighted by atomic mass is 9.87. The Morgan fingerprint density at radius 2 is 1.85 bits per heavy atom. The number of anilines is 1. The van der Waals surface area contributed by atoms with Gasteiger partial charge in [-0.15, -0.1) is 5.10 Å². The van der Waals surface area contributed by atoms with Gasteiger partial charge in [0.25, 0.3) is 0 Å². The molecule has 1 aliphatic rings. The fraction of sp³-hybridized carbons (Fsp3) is 0.263. The lowest BCUT2D eigenvalue weighted by Crippen LogP contribution is -2.46. The third-order valence-corrected chi connectivity index (χ3v) is 5.08. The van der Waals surface area contributed by atoms with Crippen molar-refractivity contribution in [1.29, 1.82) is 0 Å². The zero-order valence-corrected chi connectivity index (χ0v) is 14.4. The summed E-state index contributed by atoms with van der Waals surface area (Å²) >= 11 is 0. The molecule has 1 aromatic carbocycles. The van der Waals surface area contributed by atoms with Gasteiger partial charge in [-0.1, -0.05) is 6.07 Å². The van der Waals surface area contributed by atoms with E-state index in [1.807, 2.05) is 30.0 Å². The molecule has 0 aliphatic heterocycles. The topological polar surface area (TPSA) is 80.0 Å². The highest BCUT2D eigenvalue weighted by molar-refractivity contribution is 5.86. The molecule has 0 saturated heterocycles. The zero-order chi connectivity index (χ0) is 17.5. The van der Waals surface area contributed by atoms with Gasteiger partial charge in [0, 0.05) is 36.2 Å². The maximum absolute atomic E-state index is 4.60. The molecule has 2 N–H and O–H groups in total. The predicted molar refractivity (Wildman–Crippen MR) is 101 cm³/mol. The van der Waals surface area contributed by atoms with Gasteiger partial charge in [-0.2, -0.15) is 0 Å². The first-order valence-electron chi connectivity index (χ1n) is 8.79. The molecule has 0 bridgehead atoms. The first-order valence-corrected chi connectivity index (χ1v) is 8.79. The number of nitrogens with zero attached hydrogens (tertiary/aromatic N) is 5. The fourth-order valence-electron chi connectivity index (χ4n) is 3.50. The van der Waals surface area contributed by atoms with Crippen molar-refractivity contribution in [2.75, 3.05) is 12.4 Å². The minimum atomic E-state index is 0.444. The summed E-state index contributed by atoms with van der Waals surface area (Å²) in [7, 11) is 2.00. The molecule has 1 fully saturated rings. The zero-order valence-electron chi connectivity index (χ0n) is 14.4. The van der Waals surface area contributed by atoms with Crippen molar-refractivity contribution in [2.24, 2.45) is 0 Å². The Bertz CT molecular complexity index is 1080. The highest BCUT2D eigenvalue weighted by atomic mass is 15.3. The van der Waals surface area contributed by atoms with E-state index in [4.69, 9.17) is 0 Å². The summed E-state index contributed by atoms with van der Waals surface area (Å²) in [5.41, 5.74) is 4.92. The molecular formula is C19H19N7. The molecular weight excluding hydrogens is 326 g/mol. The third kappa shape index (κ3) is 2.57. The van der Waals surface area contributed by atoms with Gasteiger partial charge in [0.2, 0.25) is 5.95 Å². The van der Waals surface area contributed by atoms with Crippen molar-refractivity contribution in [2.45, 2.75) is 24.9 Å². The number of hydrogen-bond donors (Lipinski definition) is 2. The van der Waals surface area contributed by atoms with E-state index in [9.17, 15) is 0 Å². The summed E-state index contributed by atoms with van der Waals surface area (Å²) in [6.07, 6.45) is 9.47. The first-order chi connectivity index (χ1) is 12.8. The predicted octanol–water partition coefficient (Wildman–Crippen LogP) is 2.50. The SMILES string of the molecule is CN[C@H]1C[C@H](Nc2ncc3c(-c4ccc5nccnc5c4)ccn3n2)C1. The maximum atomic E-state index is 4.60. The third-order valence-electron chi connectivity index (χ3n) is 5.08. The van der Waals surface area contributed by atoms with Crippen molar-refractivity contribution in [3.8, 4) is 11.1 Å². The number of rotatable bonds is 4. The number of aromatic nitrogens is 5. The van der Waals surface area contributed by atoms with Crippen LogP contribution in [-0.2, 0) is 0 Å². The van der Waals surface area contributed by atoms with E-state index in [1.165, 1.54) is 0 Å². The maximum Gasteiger partial charge on any atom is 0.241 e. The number of hydrogen-bond acceptors (Lipinski definition) is 6. The van der Waals surface area contributed by atoms with Crippen LogP contribution in [0.25, 0.3) is 27.7 Å². The average molecular weight is 345 g/mol. The summed E-state index contributed by atoms with van der Waals surface area (Å²) in [5.74, 6) is 0.670. The molecule has 0 spiro atoms. The van der Waals surface area contributed by atoms with Gasteiger partial charge in [0.05, 0.1) is 22.7 Å².